The van der Waals surface area contributed by atoms with Crippen molar-refractivity contribution in [2.24, 2.45) is 0 Å². The van der Waals surface area contributed by atoms with E-state index in [4.69, 9.17) is 9.84 Å². The largest absolute Gasteiger partial charge is 0.496 e. The Morgan fingerprint density at radius 3 is 2.64 bits per heavy atom. The molecule has 22 heavy (non-hydrogen) atoms. The number of halogens is 1. The fourth-order valence-corrected chi connectivity index (χ4v) is 3.31. The van der Waals surface area contributed by atoms with Gasteiger partial charge < -0.3 is 15.2 Å². The zero-order valence-electron chi connectivity index (χ0n) is 12.5. The molecule has 2 N–H and O–H groups in total. The predicted molar refractivity (Wildman–Crippen MR) is 86.0 cm³/mol. The Labute approximate surface area is 138 Å². The Hall–Kier alpha value is -1.56. The van der Waals surface area contributed by atoms with E-state index in [9.17, 15) is 9.59 Å². The lowest BCUT2D eigenvalue weighted by atomic mass is 9.74. The molecule has 0 radical (unpaired) electrons. The summed E-state index contributed by atoms with van der Waals surface area (Å²) in [6.07, 6.45) is 3.43. The summed E-state index contributed by atoms with van der Waals surface area (Å²) in [5.41, 5.74) is 0.507. The molecule has 6 heteroatoms. The van der Waals surface area contributed by atoms with Crippen LogP contribution in [-0.2, 0) is 16.0 Å². The fraction of sp³-hybridized carbons (Fsp3) is 0.500. The van der Waals surface area contributed by atoms with Gasteiger partial charge in [0.25, 0.3) is 0 Å². The number of carbonyl (C=O) groups excluding carboxylic acids is 1. The van der Waals surface area contributed by atoms with E-state index in [0.29, 0.717) is 12.8 Å². The molecule has 0 aliphatic heterocycles. The molecule has 0 saturated heterocycles. The van der Waals surface area contributed by atoms with Gasteiger partial charge in [0.1, 0.15) is 5.75 Å². The molecule has 0 atom stereocenters. The van der Waals surface area contributed by atoms with E-state index < -0.39 is 11.5 Å². The third kappa shape index (κ3) is 4.22. The summed E-state index contributed by atoms with van der Waals surface area (Å²) in [6, 6.07) is 5.71. The summed E-state index contributed by atoms with van der Waals surface area (Å²) in [7, 11) is 1.60. The monoisotopic (exact) mass is 369 g/mol. The van der Waals surface area contributed by atoms with Crippen LogP contribution in [0.15, 0.2) is 22.7 Å². The number of benzene rings is 1. The van der Waals surface area contributed by atoms with Crippen LogP contribution >= 0.6 is 15.9 Å². The molecule has 2 rings (SSSR count). The molecule has 0 unspecified atom stereocenters. The number of aryl methyl sites for hydroxylation is 1. The normalized spacial score (nSPS) is 15.7. The van der Waals surface area contributed by atoms with E-state index in [1.54, 1.807) is 7.11 Å². The Bertz CT molecular complexity index is 569. The number of nitrogens with one attached hydrogen (secondary N) is 1. The van der Waals surface area contributed by atoms with Gasteiger partial charge in [-0.1, -0.05) is 6.07 Å². The van der Waals surface area contributed by atoms with Gasteiger partial charge in [0.05, 0.1) is 23.5 Å². The molecule has 0 bridgehead atoms. The van der Waals surface area contributed by atoms with E-state index in [1.165, 1.54) is 0 Å². The predicted octanol–water partition coefficient (Wildman–Crippen LogP) is 2.90. The molecule has 0 spiro atoms. The van der Waals surface area contributed by atoms with Crippen molar-refractivity contribution in [2.75, 3.05) is 7.11 Å². The standard InChI is InChI=1S/C16H20BrNO4/c1-22-13-5-3-11(9-12(13)17)4-6-14(19)18-16(7-2-8-16)10-15(20)21/h3,5,9H,2,4,6-8,10H2,1H3,(H,18,19)(H,20,21). The first-order valence-corrected chi connectivity index (χ1v) is 8.09. The van der Waals surface area contributed by atoms with Crippen molar-refractivity contribution in [3.8, 4) is 5.75 Å². The topological polar surface area (TPSA) is 75.6 Å². The number of aliphatic carboxylic acids is 1. The van der Waals surface area contributed by atoms with E-state index >= 15 is 0 Å². The number of ether oxygens (including phenoxy) is 1. The number of carboxylic acids is 1. The van der Waals surface area contributed by atoms with Crippen molar-refractivity contribution in [1.82, 2.24) is 5.32 Å². The van der Waals surface area contributed by atoms with Gasteiger partial charge in [-0.15, -0.1) is 0 Å². The zero-order chi connectivity index (χ0) is 16.2. The Morgan fingerprint density at radius 1 is 1.41 bits per heavy atom. The highest BCUT2D eigenvalue weighted by atomic mass is 79.9. The minimum atomic E-state index is -0.862. The van der Waals surface area contributed by atoms with Crippen LogP contribution in [0.4, 0.5) is 0 Å². The van der Waals surface area contributed by atoms with E-state index in [1.807, 2.05) is 18.2 Å². The number of hydrogen-bond acceptors (Lipinski definition) is 3. The lowest BCUT2D eigenvalue weighted by Crippen LogP contribution is -2.54. The summed E-state index contributed by atoms with van der Waals surface area (Å²) in [4.78, 5) is 23.0. The number of carbonyl (C=O) groups is 2. The van der Waals surface area contributed by atoms with Gasteiger partial charge in [-0.2, -0.15) is 0 Å². The van der Waals surface area contributed by atoms with Crippen LogP contribution in [0.2, 0.25) is 0 Å². The van der Waals surface area contributed by atoms with Gasteiger partial charge in [-0.3, -0.25) is 9.59 Å². The van der Waals surface area contributed by atoms with Crippen LogP contribution in [0.25, 0.3) is 0 Å². The molecule has 1 aromatic carbocycles. The van der Waals surface area contributed by atoms with Gasteiger partial charge in [0, 0.05) is 6.42 Å². The minimum Gasteiger partial charge on any atom is -0.496 e. The quantitative estimate of drug-likeness (QED) is 0.774. The second-order valence-electron chi connectivity index (χ2n) is 5.72. The van der Waals surface area contributed by atoms with Gasteiger partial charge in [0.2, 0.25) is 5.91 Å². The van der Waals surface area contributed by atoms with Crippen LogP contribution in [0.1, 0.15) is 37.7 Å². The van der Waals surface area contributed by atoms with E-state index in [2.05, 4.69) is 21.2 Å². The molecule has 1 fully saturated rings. The first-order valence-electron chi connectivity index (χ1n) is 7.29. The summed E-state index contributed by atoms with van der Waals surface area (Å²) >= 11 is 3.42. The summed E-state index contributed by atoms with van der Waals surface area (Å²) in [6.45, 7) is 0. The fourth-order valence-electron chi connectivity index (χ4n) is 2.72. The second-order valence-corrected chi connectivity index (χ2v) is 6.58. The van der Waals surface area contributed by atoms with Gasteiger partial charge in [-0.05, 0) is 59.3 Å². The number of carboxylic acid groups (broad SMARTS) is 1. The molecule has 0 aromatic heterocycles. The second kappa shape index (κ2) is 7.13. The Morgan fingerprint density at radius 2 is 2.14 bits per heavy atom. The summed E-state index contributed by atoms with van der Waals surface area (Å²) < 4.78 is 6.02. The number of rotatable bonds is 7. The van der Waals surface area contributed by atoms with Crippen molar-refractivity contribution >= 4 is 27.8 Å². The summed E-state index contributed by atoms with van der Waals surface area (Å²) in [5, 5.41) is 11.9. The molecule has 1 amide bonds. The molecule has 1 aliphatic carbocycles. The molecule has 0 heterocycles. The average molecular weight is 370 g/mol. The number of hydrogen-bond donors (Lipinski definition) is 2. The number of methoxy groups -OCH3 is 1. The zero-order valence-corrected chi connectivity index (χ0v) is 14.1. The Balaban J connectivity index is 1.87. The third-order valence-corrected chi connectivity index (χ3v) is 4.68. The smallest absolute Gasteiger partial charge is 0.305 e. The molecule has 5 nitrogen and oxygen atoms in total. The van der Waals surface area contributed by atoms with Gasteiger partial charge in [-0.25, -0.2) is 0 Å². The van der Waals surface area contributed by atoms with Crippen molar-refractivity contribution in [1.29, 1.82) is 0 Å². The lowest BCUT2D eigenvalue weighted by molar-refractivity contribution is -0.140. The van der Waals surface area contributed by atoms with Gasteiger partial charge >= 0.3 is 5.97 Å². The van der Waals surface area contributed by atoms with Crippen LogP contribution in [0.5, 0.6) is 5.75 Å². The third-order valence-electron chi connectivity index (χ3n) is 4.06. The van der Waals surface area contributed by atoms with Crippen molar-refractivity contribution in [3.05, 3.63) is 28.2 Å². The van der Waals surface area contributed by atoms with Crippen LogP contribution in [-0.4, -0.2) is 29.6 Å². The van der Waals surface area contributed by atoms with Crippen molar-refractivity contribution in [2.45, 2.75) is 44.1 Å². The molecular formula is C16H20BrNO4. The molecule has 1 aliphatic rings. The molecule has 1 saturated carbocycles. The number of amides is 1. The van der Waals surface area contributed by atoms with Crippen LogP contribution < -0.4 is 10.1 Å². The highest BCUT2D eigenvalue weighted by Crippen LogP contribution is 2.35. The van der Waals surface area contributed by atoms with Crippen molar-refractivity contribution in [3.63, 3.8) is 0 Å². The Kier molecular flexibility index (Phi) is 5.45. The molecular weight excluding hydrogens is 350 g/mol. The maximum Gasteiger partial charge on any atom is 0.305 e. The lowest BCUT2D eigenvalue weighted by Gasteiger charge is -2.41. The van der Waals surface area contributed by atoms with Crippen LogP contribution in [0, 0.1) is 0 Å². The SMILES string of the molecule is COc1ccc(CCC(=O)NC2(CC(=O)O)CCC2)cc1Br. The molecule has 120 valence electrons. The summed E-state index contributed by atoms with van der Waals surface area (Å²) in [5.74, 6) is -0.199. The maximum atomic E-state index is 12.1. The maximum absolute atomic E-state index is 12.1. The van der Waals surface area contributed by atoms with E-state index in [-0.39, 0.29) is 12.3 Å². The minimum absolute atomic E-state index is 0.00677. The highest BCUT2D eigenvalue weighted by Gasteiger charge is 2.40. The molecule has 1 aromatic rings. The van der Waals surface area contributed by atoms with Crippen LogP contribution in [0.3, 0.4) is 0 Å². The first-order chi connectivity index (χ1) is 10.4. The highest BCUT2D eigenvalue weighted by molar-refractivity contribution is 9.10. The van der Waals surface area contributed by atoms with E-state index in [0.717, 1.165) is 35.0 Å². The average Bonchev–Trinajstić information content (AvgIpc) is 2.42. The van der Waals surface area contributed by atoms with Gasteiger partial charge in [0.15, 0.2) is 0 Å². The van der Waals surface area contributed by atoms with Crippen molar-refractivity contribution < 1.29 is 19.4 Å². The first kappa shape index (κ1) is 16.8.